The Bertz CT molecular complexity index is 965. The molecule has 0 bridgehead atoms. The SMILES string of the molecule is CNc1cc(C)nc(Nc2ccc(OC)c(-n3ncc(C)c3CN(C)C)c2)n1. The highest BCUT2D eigenvalue weighted by Crippen LogP contribution is 2.29. The quantitative estimate of drug-likeness (QED) is 0.651. The third kappa shape index (κ3) is 4.23. The number of hydrogen-bond acceptors (Lipinski definition) is 7. The molecule has 0 atom stereocenters. The van der Waals surface area contributed by atoms with Gasteiger partial charge in [0, 0.05) is 31.0 Å². The third-order valence-corrected chi connectivity index (χ3v) is 4.32. The number of ether oxygens (including phenoxy) is 1. The molecule has 148 valence electrons. The number of methoxy groups -OCH3 is 1. The molecule has 0 saturated heterocycles. The van der Waals surface area contributed by atoms with Gasteiger partial charge in [-0.15, -0.1) is 0 Å². The van der Waals surface area contributed by atoms with E-state index in [-0.39, 0.29) is 0 Å². The fourth-order valence-corrected chi connectivity index (χ4v) is 2.97. The Morgan fingerprint density at radius 3 is 2.61 bits per heavy atom. The predicted octanol–water partition coefficient (Wildman–Crippen LogP) is 3.13. The van der Waals surface area contributed by atoms with Crippen molar-refractivity contribution in [1.82, 2.24) is 24.6 Å². The van der Waals surface area contributed by atoms with E-state index >= 15 is 0 Å². The second-order valence-electron chi connectivity index (χ2n) is 6.90. The molecule has 1 aromatic carbocycles. The van der Waals surface area contributed by atoms with Crippen LogP contribution in [0.4, 0.5) is 17.5 Å². The number of nitrogens with one attached hydrogen (secondary N) is 2. The summed E-state index contributed by atoms with van der Waals surface area (Å²) >= 11 is 0. The van der Waals surface area contributed by atoms with Crippen LogP contribution in [0.2, 0.25) is 0 Å². The van der Waals surface area contributed by atoms with E-state index in [2.05, 4.69) is 37.5 Å². The smallest absolute Gasteiger partial charge is 0.229 e. The topological polar surface area (TPSA) is 80.1 Å². The Morgan fingerprint density at radius 2 is 1.93 bits per heavy atom. The van der Waals surface area contributed by atoms with Gasteiger partial charge in [-0.05, 0) is 51.7 Å². The van der Waals surface area contributed by atoms with E-state index in [0.29, 0.717) is 5.95 Å². The summed E-state index contributed by atoms with van der Waals surface area (Å²) in [4.78, 5) is 11.0. The van der Waals surface area contributed by atoms with Crippen LogP contribution in [-0.2, 0) is 6.54 Å². The summed E-state index contributed by atoms with van der Waals surface area (Å²) < 4.78 is 7.51. The van der Waals surface area contributed by atoms with Crippen LogP contribution < -0.4 is 15.4 Å². The molecule has 2 aromatic heterocycles. The first kappa shape index (κ1) is 19.6. The maximum atomic E-state index is 5.59. The van der Waals surface area contributed by atoms with E-state index in [0.717, 1.165) is 46.4 Å². The van der Waals surface area contributed by atoms with Crippen molar-refractivity contribution in [2.75, 3.05) is 38.9 Å². The predicted molar refractivity (Wildman–Crippen MR) is 112 cm³/mol. The third-order valence-electron chi connectivity index (χ3n) is 4.32. The van der Waals surface area contributed by atoms with Crippen LogP contribution in [0.5, 0.6) is 5.75 Å². The van der Waals surface area contributed by atoms with Gasteiger partial charge in [-0.3, -0.25) is 0 Å². The van der Waals surface area contributed by atoms with Gasteiger partial charge in [0.1, 0.15) is 17.3 Å². The first-order valence-electron chi connectivity index (χ1n) is 9.08. The molecule has 8 nitrogen and oxygen atoms in total. The number of aromatic nitrogens is 4. The Labute approximate surface area is 165 Å². The lowest BCUT2D eigenvalue weighted by molar-refractivity contribution is 0.386. The molecule has 0 amide bonds. The van der Waals surface area contributed by atoms with E-state index < -0.39 is 0 Å². The highest BCUT2D eigenvalue weighted by molar-refractivity contribution is 5.63. The molecular formula is C20H27N7O. The fraction of sp³-hybridized carbons (Fsp3) is 0.350. The molecule has 0 aliphatic rings. The molecule has 0 radical (unpaired) electrons. The zero-order chi connectivity index (χ0) is 20.3. The second kappa shape index (κ2) is 8.26. The lowest BCUT2D eigenvalue weighted by Crippen LogP contribution is -2.16. The fourth-order valence-electron chi connectivity index (χ4n) is 2.97. The van der Waals surface area contributed by atoms with Crippen LogP contribution in [0.15, 0.2) is 30.5 Å². The monoisotopic (exact) mass is 381 g/mol. The zero-order valence-electron chi connectivity index (χ0n) is 17.2. The minimum absolute atomic E-state index is 0.533. The Balaban J connectivity index is 2.01. The minimum atomic E-state index is 0.533. The molecule has 0 spiro atoms. The number of benzene rings is 1. The van der Waals surface area contributed by atoms with Gasteiger partial charge < -0.3 is 20.3 Å². The summed E-state index contributed by atoms with van der Waals surface area (Å²) in [5.74, 6) is 2.04. The van der Waals surface area contributed by atoms with Gasteiger partial charge in [0.25, 0.3) is 0 Å². The number of aryl methyl sites for hydroxylation is 2. The van der Waals surface area contributed by atoms with E-state index in [1.54, 1.807) is 7.11 Å². The van der Waals surface area contributed by atoms with Gasteiger partial charge in [0.05, 0.1) is 19.0 Å². The summed E-state index contributed by atoms with van der Waals surface area (Å²) in [6, 6.07) is 7.75. The van der Waals surface area contributed by atoms with Crippen LogP contribution in [0.25, 0.3) is 5.69 Å². The molecule has 28 heavy (non-hydrogen) atoms. The number of nitrogens with zero attached hydrogens (tertiary/aromatic N) is 5. The first-order valence-corrected chi connectivity index (χ1v) is 9.08. The summed E-state index contributed by atoms with van der Waals surface area (Å²) in [5, 5.41) is 10.9. The van der Waals surface area contributed by atoms with Crippen LogP contribution in [0, 0.1) is 13.8 Å². The molecular weight excluding hydrogens is 354 g/mol. The Kier molecular flexibility index (Phi) is 5.79. The Morgan fingerprint density at radius 1 is 1.14 bits per heavy atom. The second-order valence-corrected chi connectivity index (χ2v) is 6.90. The van der Waals surface area contributed by atoms with Gasteiger partial charge in [-0.1, -0.05) is 0 Å². The van der Waals surface area contributed by atoms with Crippen LogP contribution >= 0.6 is 0 Å². The highest BCUT2D eigenvalue weighted by atomic mass is 16.5. The molecule has 0 aliphatic carbocycles. The molecule has 3 rings (SSSR count). The average molecular weight is 381 g/mol. The molecule has 8 heteroatoms. The minimum Gasteiger partial charge on any atom is -0.494 e. The van der Waals surface area contributed by atoms with Gasteiger partial charge in [-0.25, -0.2) is 9.67 Å². The summed E-state index contributed by atoms with van der Waals surface area (Å²) in [6.45, 7) is 4.78. The lowest BCUT2D eigenvalue weighted by atomic mass is 10.2. The van der Waals surface area contributed by atoms with Crippen molar-refractivity contribution >= 4 is 17.5 Å². The van der Waals surface area contributed by atoms with Crippen molar-refractivity contribution in [2.24, 2.45) is 0 Å². The van der Waals surface area contributed by atoms with Gasteiger partial charge >= 0.3 is 0 Å². The number of rotatable bonds is 7. The molecule has 3 aromatic rings. The van der Waals surface area contributed by atoms with E-state index in [1.165, 1.54) is 0 Å². The standard InChI is InChI=1S/C20H27N7O/c1-13-11-22-27(17(13)12-26(4)5)16-10-15(7-8-18(16)28-6)24-20-23-14(2)9-19(21-3)25-20/h7-11H,12H2,1-6H3,(H2,21,23,24,25). The van der Waals surface area contributed by atoms with Gasteiger partial charge in [-0.2, -0.15) is 10.1 Å². The van der Waals surface area contributed by atoms with Crippen molar-refractivity contribution in [3.63, 3.8) is 0 Å². The average Bonchev–Trinajstić information content (AvgIpc) is 3.01. The van der Waals surface area contributed by atoms with Gasteiger partial charge in [0.2, 0.25) is 5.95 Å². The number of anilines is 3. The molecule has 0 saturated carbocycles. The van der Waals surface area contributed by atoms with Crippen LogP contribution in [-0.4, -0.2) is 52.9 Å². The highest BCUT2D eigenvalue weighted by Gasteiger charge is 2.15. The maximum absolute atomic E-state index is 5.59. The largest absolute Gasteiger partial charge is 0.494 e. The first-order chi connectivity index (χ1) is 13.4. The number of hydrogen-bond donors (Lipinski definition) is 2. The van der Waals surface area contributed by atoms with Crippen molar-refractivity contribution < 1.29 is 4.74 Å². The van der Waals surface area contributed by atoms with Crippen molar-refractivity contribution in [3.8, 4) is 11.4 Å². The summed E-state index contributed by atoms with van der Waals surface area (Å²) in [7, 11) is 7.58. The summed E-state index contributed by atoms with van der Waals surface area (Å²) in [6.07, 6.45) is 1.88. The van der Waals surface area contributed by atoms with E-state index in [1.807, 2.05) is 63.2 Å². The van der Waals surface area contributed by atoms with Crippen LogP contribution in [0.3, 0.4) is 0 Å². The maximum Gasteiger partial charge on any atom is 0.229 e. The van der Waals surface area contributed by atoms with Crippen molar-refractivity contribution in [2.45, 2.75) is 20.4 Å². The molecule has 0 aliphatic heterocycles. The van der Waals surface area contributed by atoms with E-state index in [9.17, 15) is 0 Å². The van der Waals surface area contributed by atoms with Gasteiger partial charge in [0.15, 0.2) is 0 Å². The van der Waals surface area contributed by atoms with Crippen LogP contribution in [0.1, 0.15) is 17.0 Å². The normalized spacial score (nSPS) is 11.0. The molecule has 0 fully saturated rings. The molecule has 0 unspecified atom stereocenters. The van der Waals surface area contributed by atoms with Crippen molar-refractivity contribution in [1.29, 1.82) is 0 Å². The molecule has 2 N–H and O–H groups in total. The zero-order valence-corrected chi connectivity index (χ0v) is 17.2. The Hall–Kier alpha value is -3.13. The van der Waals surface area contributed by atoms with E-state index in [4.69, 9.17) is 4.74 Å². The lowest BCUT2D eigenvalue weighted by Gasteiger charge is -2.17. The summed E-state index contributed by atoms with van der Waals surface area (Å²) in [5.41, 5.74) is 4.84. The van der Waals surface area contributed by atoms with Crippen molar-refractivity contribution in [3.05, 3.63) is 47.4 Å². The molecule has 2 heterocycles.